The van der Waals surface area contributed by atoms with Crippen molar-refractivity contribution in [2.75, 3.05) is 26.8 Å². The number of ether oxygens (including phenoxy) is 2. The van der Waals surface area contributed by atoms with Gasteiger partial charge in [-0.05, 0) is 62.6 Å². The van der Waals surface area contributed by atoms with Crippen molar-refractivity contribution in [1.29, 1.82) is 0 Å². The van der Waals surface area contributed by atoms with Crippen LogP contribution in [0.4, 0.5) is 0 Å². The van der Waals surface area contributed by atoms with E-state index < -0.39 is 10.0 Å². The standard InChI is InChI=1S/C23H30N2O5S/c1-17-7-4-5-9-22(17)30-16-18(2)24-23(26)19-8-6-14-25(15-19)31(27,28)21-12-10-20(29-3)11-13-21/h4-5,7,9-13,18-19H,6,8,14-16H2,1-3H3,(H,24,26)/t18-,19-/m0/s1. The number of sulfonamides is 1. The zero-order chi connectivity index (χ0) is 22.4. The number of carbonyl (C=O) groups excluding carboxylic acids is 1. The Morgan fingerprint density at radius 1 is 1.19 bits per heavy atom. The molecule has 0 radical (unpaired) electrons. The number of nitrogens with zero attached hydrogens (tertiary/aromatic N) is 1. The maximum absolute atomic E-state index is 13.0. The summed E-state index contributed by atoms with van der Waals surface area (Å²) in [6, 6.07) is 13.8. The van der Waals surface area contributed by atoms with Gasteiger partial charge < -0.3 is 14.8 Å². The Labute approximate surface area is 184 Å². The molecule has 1 amide bonds. The van der Waals surface area contributed by atoms with E-state index in [4.69, 9.17) is 9.47 Å². The van der Waals surface area contributed by atoms with Gasteiger partial charge in [0.25, 0.3) is 0 Å². The molecular weight excluding hydrogens is 416 g/mol. The normalized spacial score (nSPS) is 18.2. The highest BCUT2D eigenvalue weighted by molar-refractivity contribution is 7.89. The average Bonchev–Trinajstić information content (AvgIpc) is 2.78. The lowest BCUT2D eigenvalue weighted by Crippen LogP contribution is -2.48. The first-order valence-corrected chi connectivity index (χ1v) is 11.9. The number of carbonyl (C=O) groups is 1. The quantitative estimate of drug-likeness (QED) is 0.674. The minimum absolute atomic E-state index is 0.143. The third-order valence-corrected chi connectivity index (χ3v) is 7.30. The van der Waals surface area contributed by atoms with Gasteiger partial charge in [-0.25, -0.2) is 8.42 Å². The second kappa shape index (κ2) is 10.2. The van der Waals surface area contributed by atoms with Crippen molar-refractivity contribution >= 4 is 15.9 Å². The topological polar surface area (TPSA) is 84.9 Å². The maximum atomic E-state index is 13.0. The van der Waals surface area contributed by atoms with Crippen molar-refractivity contribution in [1.82, 2.24) is 9.62 Å². The predicted molar refractivity (Wildman–Crippen MR) is 119 cm³/mol. The van der Waals surface area contributed by atoms with Gasteiger partial charge in [0.05, 0.1) is 24.0 Å². The summed E-state index contributed by atoms with van der Waals surface area (Å²) >= 11 is 0. The first-order valence-electron chi connectivity index (χ1n) is 10.4. The van der Waals surface area contributed by atoms with Crippen LogP contribution in [0.2, 0.25) is 0 Å². The summed E-state index contributed by atoms with van der Waals surface area (Å²) in [6.07, 6.45) is 1.30. The van der Waals surface area contributed by atoms with E-state index in [0.717, 1.165) is 11.3 Å². The van der Waals surface area contributed by atoms with Gasteiger partial charge in [-0.1, -0.05) is 18.2 Å². The van der Waals surface area contributed by atoms with Crippen LogP contribution in [0.25, 0.3) is 0 Å². The molecule has 1 heterocycles. The van der Waals surface area contributed by atoms with Gasteiger partial charge in [-0.3, -0.25) is 4.79 Å². The van der Waals surface area contributed by atoms with E-state index in [-0.39, 0.29) is 29.3 Å². The first-order chi connectivity index (χ1) is 14.8. The monoisotopic (exact) mass is 446 g/mol. The molecule has 7 nitrogen and oxygen atoms in total. The summed E-state index contributed by atoms with van der Waals surface area (Å²) in [5.74, 6) is 0.855. The molecule has 1 fully saturated rings. The predicted octanol–water partition coefficient (Wildman–Crippen LogP) is 2.99. The van der Waals surface area contributed by atoms with E-state index in [1.165, 1.54) is 23.5 Å². The molecule has 0 spiro atoms. The molecule has 2 aromatic carbocycles. The number of piperidine rings is 1. The Morgan fingerprint density at radius 3 is 2.58 bits per heavy atom. The summed E-state index contributed by atoms with van der Waals surface area (Å²) in [6.45, 7) is 4.77. The van der Waals surface area contributed by atoms with Crippen LogP contribution in [0.5, 0.6) is 11.5 Å². The number of methoxy groups -OCH3 is 1. The summed E-state index contributed by atoms with van der Waals surface area (Å²) in [4.78, 5) is 13.0. The van der Waals surface area contributed by atoms with E-state index in [0.29, 0.717) is 31.7 Å². The zero-order valence-electron chi connectivity index (χ0n) is 18.2. The van der Waals surface area contributed by atoms with Gasteiger partial charge in [-0.2, -0.15) is 4.31 Å². The third kappa shape index (κ3) is 5.77. The van der Waals surface area contributed by atoms with Crippen molar-refractivity contribution in [3.05, 3.63) is 54.1 Å². The molecule has 0 saturated carbocycles. The van der Waals surface area contributed by atoms with Crippen molar-refractivity contribution in [2.24, 2.45) is 5.92 Å². The van der Waals surface area contributed by atoms with E-state index in [1.54, 1.807) is 12.1 Å². The number of hydrogen-bond donors (Lipinski definition) is 1. The minimum atomic E-state index is -3.66. The van der Waals surface area contributed by atoms with E-state index in [9.17, 15) is 13.2 Å². The van der Waals surface area contributed by atoms with E-state index in [1.807, 2.05) is 38.1 Å². The summed E-state index contributed by atoms with van der Waals surface area (Å²) in [5, 5.41) is 2.96. The van der Waals surface area contributed by atoms with E-state index in [2.05, 4.69) is 5.32 Å². The number of rotatable bonds is 8. The molecule has 1 aliphatic heterocycles. The first kappa shape index (κ1) is 23.1. The Hall–Kier alpha value is -2.58. The molecule has 168 valence electrons. The molecule has 0 bridgehead atoms. The zero-order valence-corrected chi connectivity index (χ0v) is 19.0. The Balaban J connectivity index is 1.57. The fourth-order valence-corrected chi connectivity index (χ4v) is 5.13. The van der Waals surface area contributed by atoms with Crippen molar-refractivity contribution < 1.29 is 22.7 Å². The molecule has 2 atom stereocenters. The van der Waals surface area contributed by atoms with Crippen molar-refractivity contribution in [2.45, 2.75) is 37.6 Å². The Morgan fingerprint density at radius 2 is 1.90 bits per heavy atom. The molecule has 0 aliphatic carbocycles. The van der Waals surface area contributed by atoms with Crippen LogP contribution in [-0.2, 0) is 14.8 Å². The number of nitrogens with one attached hydrogen (secondary N) is 1. The van der Waals surface area contributed by atoms with Gasteiger partial charge in [-0.15, -0.1) is 0 Å². The number of para-hydroxylation sites is 1. The van der Waals surface area contributed by atoms with Crippen LogP contribution in [0, 0.1) is 12.8 Å². The van der Waals surface area contributed by atoms with Crippen LogP contribution < -0.4 is 14.8 Å². The molecule has 0 unspecified atom stereocenters. The number of aryl methyl sites for hydroxylation is 1. The number of hydrogen-bond acceptors (Lipinski definition) is 5. The average molecular weight is 447 g/mol. The van der Waals surface area contributed by atoms with Crippen LogP contribution >= 0.6 is 0 Å². The fraction of sp³-hybridized carbons (Fsp3) is 0.435. The highest BCUT2D eigenvalue weighted by Gasteiger charge is 2.33. The summed E-state index contributed by atoms with van der Waals surface area (Å²) in [7, 11) is -2.13. The van der Waals surface area contributed by atoms with Crippen molar-refractivity contribution in [3.63, 3.8) is 0 Å². The molecule has 3 rings (SSSR count). The summed E-state index contributed by atoms with van der Waals surface area (Å²) in [5.41, 5.74) is 1.03. The maximum Gasteiger partial charge on any atom is 0.243 e. The lowest BCUT2D eigenvalue weighted by molar-refractivity contribution is -0.126. The molecule has 0 aromatic heterocycles. The third-order valence-electron chi connectivity index (χ3n) is 5.42. The van der Waals surface area contributed by atoms with Gasteiger partial charge in [0.15, 0.2) is 0 Å². The highest BCUT2D eigenvalue weighted by Crippen LogP contribution is 2.25. The highest BCUT2D eigenvalue weighted by atomic mass is 32.2. The minimum Gasteiger partial charge on any atom is -0.497 e. The van der Waals surface area contributed by atoms with Crippen LogP contribution in [-0.4, -0.2) is 51.5 Å². The molecule has 8 heteroatoms. The molecule has 1 aliphatic rings. The van der Waals surface area contributed by atoms with Crippen LogP contribution in [0.1, 0.15) is 25.3 Å². The Kier molecular flexibility index (Phi) is 7.56. The lowest BCUT2D eigenvalue weighted by atomic mass is 9.98. The molecule has 1 saturated heterocycles. The number of benzene rings is 2. The molecule has 1 N–H and O–H groups in total. The lowest BCUT2D eigenvalue weighted by Gasteiger charge is -2.32. The molecular formula is C23H30N2O5S. The molecule has 31 heavy (non-hydrogen) atoms. The SMILES string of the molecule is COc1ccc(S(=O)(=O)N2CCC[C@H](C(=O)N[C@@H](C)COc3ccccc3C)C2)cc1. The van der Waals surface area contributed by atoms with Crippen LogP contribution in [0.3, 0.4) is 0 Å². The van der Waals surface area contributed by atoms with Gasteiger partial charge >= 0.3 is 0 Å². The van der Waals surface area contributed by atoms with Gasteiger partial charge in [0.1, 0.15) is 18.1 Å². The van der Waals surface area contributed by atoms with Crippen molar-refractivity contribution in [3.8, 4) is 11.5 Å². The smallest absolute Gasteiger partial charge is 0.243 e. The van der Waals surface area contributed by atoms with Crippen LogP contribution in [0.15, 0.2) is 53.4 Å². The second-order valence-corrected chi connectivity index (χ2v) is 9.80. The summed E-state index contributed by atoms with van der Waals surface area (Å²) < 4.78 is 38.3. The largest absolute Gasteiger partial charge is 0.497 e. The fourth-order valence-electron chi connectivity index (χ4n) is 3.61. The van der Waals surface area contributed by atoms with Gasteiger partial charge in [0, 0.05) is 13.1 Å². The van der Waals surface area contributed by atoms with Gasteiger partial charge in [0.2, 0.25) is 15.9 Å². The Bertz CT molecular complexity index is 991. The second-order valence-electron chi connectivity index (χ2n) is 7.86. The van der Waals surface area contributed by atoms with E-state index >= 15 is 0 Å². The molecule has 2 aromatic rings. The number of amides is 1.